The SMILES string of the molecule is Cc1c(-n2c(CC(C)C)cnc2-c2ccccc2)ccc(C(C)C)c1Br. The normalized spacial score (nSPS) is 11.5. The molecule has 26 heavy (non-hydrogen) atoms. The number of nitrogens with zero attached hydrogens (tertiary/aromatic N) is 2. The lowest BCUT2D eigenvalue weighted by Crippen LogP contribution is -2.08. The molecule has 3 rings (SSSR count). The summed E-state index contributed by atoms with van der Waals surface area (Å²) >= 11 is 3.84. The summed E-state index contributed by atoms with van der Waals surface area (Å²) in [7, 11) is 0. The van der Waals surface area contributed by atoms with Gasteiger partial charge in [0, 0.05) is 21.9 Å². The maximum atomic E-state index is 4.79. The molecule has 1 heterocycles. The van der Waals surface area contributed by atoms with Gasteiger partial charge in [-0.05, 0) is 42.4 Å². The van der Waals surface area contributed by atoms with Crippen molar-refractivity contribution in [3.8, 4) is 17.1 Å². The van der Waals surface area contributed by atoms with Crippen LogP contribution in [0.2, 0.25) is 0 Å². The molecule has 3 aromatic rings. The van der Waals surface area contributed by atoms with Crippen molar-refractivity contribution < 1.29 is 0 Å². The van der Waals surface area contributed by atoms with Crippen LogP contribution in [-0.2, 0) is 6.42 Å². The van der Waals surface area contributed by atoms with E-state index < -0.39 is 0 Å². The molecular weight excluding hydrogens is 384 g/mol. The van der Waals surface area contributed by atoms with Crippen molar-refractivity contribution in [3.63, 3.8) is 0 Å². The maximum Gasteiger partial charge on any atom is 0.144 e. The van der Waals surface area contributed by atoms with E-state index in [1.807, 2.05) is 12.3 Å². The van der Waals surface area contributed by atoms with Crippen molar-refractivity contribution in [2.45, 2.75) is 47.0 Å². The number of benzene rings is 2. The second-order valence-electron chi connectivity index (χ2n) is 7.64. The molecule has 0 radical (unpaired) electrons. The van der Waals surface area contributed by atoms with Crippen molar-refractivity contribution >= 4 is 15.9 Å². The molecule has 0 saturated carbocycles. The van der Waals surface area contributed by atoms with Crippen LogP contribution in [0.5, 0.6) is 0 Å². The van der Waals surface area contributed by atoms with E-state index in [0.717, 1.165) is 17.8 Å². The minimum atomic E-state index is 0.489. The van der Waals surface area contributed by atoms with E-state index in [1.54, 1.807) is 0 Å². The second-order valence-corrected chi connectivity index (χ2v) is 8.43. The Kier molecular flexibility index (Phi) is 5.67. The van der Waals surface area contributed by atoms with Crippen molar-refractivity contribution in [3.05, 3.63) is 70.0 Å². The van der Waals surface area contributed by atoms with E-state index in [0.29, 0.717) is 11.8 Å². The first-order chi connectivity index (χ1) is 12.4. The van der Waals surface area contributed by atoms with Gasteiger partial charge < -0.3 is 0 Å². The summed E-state index contributed by atoms with van der Waals surface area (Å²) in [6.07, 6.45) is 3.04. The molecule has 0 spiro atoms. The van der Waals surface area contributed by atoms with Crippen molar-refractivity contribution in [1.29, 1.82) is 0 Å². The molecule has 0 bridgehead atoms. The Balaban J connectivity index is 2.23. The van der Waals surface area contributed by atoms with Crippen LogP contribution in [-0.4, -0.2) is 9.55 Å². The summed E-state index contributed by atoms with van der Waals surface area (Å²) < 4.78 is 3.53. The second kappa shape index (κ2) is 7.79. The van der Waals surface area contributed by atoms with E-state index in [1.165, 1.54) is 27.0 Å². The molecule has 0 aliphatic carbocycles. The summed E-state index contributed by atoms with van der Waals surface area (Å²) in [5, 5.41) is 0. The molecule has 2 nitrogen and oxygen atoms in total. The molecule has 0 aliphatic heterocycles. The number of aromatic nitrogens is 2. The lowest BCUT2D eigenvalue weighted by molar-refractivity contribution is 0.627. The summed E-state index contributed by atoms with van der Waals surface area (Å²) in [5.74, 6) is 2.07. The van der Waals surface area contributed by atoms with Gasteiger partial charge >= 0.3 is 0 Å². The Morgan fingerprint density at radius 3 is 2.31 bits per heavy atom. The Hall–Kier alpha value is -1.87. The first-order valence-electron chi connectivity index (χ1n) is 9.31. The zero-order valence-electron chi connectivity index (χ0n) is 16.3. The monoisotopic (exact) mass is 410 g/mol. The van der Waals surface area contributed by atoms with Crippen LogP contribution >= 0.6 is 15.9 Å². The lowest BCUT2D eigenvalue weighted by atomic mass is 9.99. The molecule has 2 aromatic carbocycles. The fraction of sp³-hybridized carbons (Fsp3) is 0.348. The molecule has 136 valence electrons. The van der Waals surface area contributed by atoms with Crippen LogP contribution in [0.3, 0.4) is 0 Å². The van der Waals surface area contributed by atoms with Gasteiger partial charge in [-0.3, -0.25) is 4.57 Å². The molecule has 0 amide bonds. The summed E-state index contributed by atoms with van der Waals surface area (Å²) in [6, 6.07) is 14.9. The maximum absolute atomic E-state index is 4.79. The van der Waals surface area contributed by atoms with Gasteiger partial charge in [0.05, 0.1) is 5.69 Å². The highest BCUT2D eigenvalue weighted by Crippen LogP contribution is 2.34. The summed E-state index contributed by atoms with van der Waals surface area (Å²) in [6.45, 7) is 11.2. The Morgan fingerprint density at radius 2 is 1.69 bits per heavy atom. The third-order valence-corrected chi connectivity index (χ3v) is 5.79. The van der Waals surface area contributed by atoms with Crippen molar-refractivity contribution in [2.75, 3.05) is 0 Å². The topological polar surface area (TPSA) is 17.8 Å². The highest BCUT2D eigenvalue weighted by Gasteiger charge is 2.18. The van der Waals surface area contributed by atoms with E-state index in [4.69, 9.17) is 4.98 Å². The molecule has 0 saturated heterocycles. The van der Waals surface area contributed by atoms with Crippen molar-refractivity contribution in [2.24, 2.45) is 5.92 Å². The molecule has 0 atom stereocenters. The van der Waals surface area contributed by atoms with Gasteiger partial charge in [0.1, 0.15) is 5.82 Å². The van der Waals surface area contributed by atoms with E-state index in [-0.39, 0.29) is 0 Å². The van der Waals surface area contributed by atoms with Gasteiger partial charge in [-0.1, -0.05) is 80.0 Å². The van der Waals surface area contributed by atoms with Gasteiger partial charge in [-0.15, -0.1) is 0 Å². The minimum absolute atomic E-state index is 0.489. The lowest BCUT2D eigenvalue weighted by Gasteiger charge is -2.19. The number of imidazole rings is 1. The quantitative estimate of drug-likeness (QED) is 0.445. The first-order valence-corrected chi connectivity index (χ1v) is 10.1. The molecule has 0 fully saturated rings. The summed E-state index contributed by atoms with van der Waals surface area (Å²) in [5.41, 5.74) is 6.21. The zero-order chi connectivity index (χ0) is 18.8. The number of hydrogen-bond donors (Lipinski definition) is 0. The van der Waals surface area contributed by atoms with Crippen LogP contribution in [0.15, 0.2) is 53.1 Å². The van der Waals surface area contributed by atoms with E-state index >= 15 is 0 Å². The van der Waals surface area contributed by atoms with Crippen LogP contribution in [0, 0.1) is 12.8 Å². The fourth-order valence-electron chi connectivity index (χ4n) is 3.39. The fourth-order valence-corrected chi connectivity index (χ4v) is 4.19. The molecule has 0 N–H and O–H groups in total. The third kappa shape index (κ3) is 3.64. The number of rotatable bonds is 5. The molecule has 1 aromatic heterocycles. The Labute approximate surface area is 165 Å². The van der Waals surface area contributed by atoms with Gasteiger partial charge in [0.25, 0.3) is 0 Å². The van der Waals surface area contributed by atoms with Gasteiger partial charge in [-0.2, -0.15) is 0 Å². The highest BCUT2D eigenvalue weighted by atomic mass is 79.9. The largest absolute Gasteiger partial charge is 0.296 e. The van der Waals surface area contributed by atoms with Gasteiger partial charge in [0.15, 0.2) is 0 Å². The van der Waals surface area contributed by atoms with Crippen LogP contribution in [0.25, 0.3) is 17.1 Å². The average Bonchev–Trinajstić information content (AvgIpc) is 3.00. The average molecular weight is 411 g/mol. The standard InChI is InChI=1S/C23H27BrN2/c1-15(2)13-19-14-25-23(18-9-7-6-8-10-18)26(19)21-12-11-20(16(3)4)22(24)17(21)5/h6-12,14-16H,13H2,1-5H3. The van der Waals surface area contributed by atoms with E-state index in [2.05, 4.69) is 91.5 Å². The number of hydrogen-bond acceptors (Lipinski definition) is 1. The molecular formula is C23H27BrN2. The smallest absolute Gasteiger partial charge is 0.144 e. The predicted molar refractivity (Wildman–Crippen MR) is 114 cm³/mol. The third-order valence-electron chi connectivity index (χ3n) is 4.73. The van der Waals surface area contributed by atoms with E-state index in [9.17, 15) is 0 Å². The first kappa shape index (κ1) is 18.9. The minimum Gasteiger partial charge on any atom is -0.296 e. The Morgan fingerprint density at radius 1 is 1.00 bits per heavy atom. The molecule has 3 heteroatoms. The van der Waals surface area contributed by atoms with Crippen LogP contribution < -0.4 is 0 Å². The summed E-state index contributed by atoms with van der Waals surface area (Å²) in [4.78, 5) is 4.79. The van der Waals surface area contributed by atoms with Crippen LogP contribution in [0.4, 0.5) is 0 Å². The zero-order valence-corrected chi connectivity index (χ0v) is 17.8. The van der Waals surface area contributed by atoms with Crippen molar-refractivity contribution in [1.82, 2.24) is 9.55 Å². The van der Waals surface area contributed by atoms with Gasteiger partial charge in [-0.25, -0.2) is 4.98 Å². The highest BCUT2D eigenvalue weighted by molar-refractivity contribution is 9.10. The van der Waals surface area contributed by atoms with Gasteiger partial charge in [0.2, 0.25) is 0 Å². The number of halogens is 1. The van der Waals surface area contributed by atoms with Crippen LogP contribution in [0.1, 0.15) is 50.4 Å². The Bertz CT molecular complexity index is 892. The molecule has 0 aliphatic rings. The predicted octanol–water partition coefficient (Wildman–Crippen LogP) is 6.93. The molecule has 0 unspecified atom stereocenters.